The Morgan fingerprint density at radius 3 is 2.25 bits per heavy atom. The summed E-state index contributed by atoms with van der Waals surface area (Å²) in [5.41, 5.74) is 2.22. The number of aliphatic hydroxyl groups is 1. The fourth-order valence-electron chi connectivity index (χ4n) is 3.07. The quantitative estimate of drug-likeness (QED) is 0.379. The third-order valence-corrected chi connectivity index (χ3v) is 4.71. The average molecular weight is 434 g/mol. The van der Waals surface area contributed by atoms with Crippen molar-refractivity contribution in [2.45, 2.75) is 19.6 Å². The number of esters is 1. The first-order chi connectivity index (χ1) is 15.5. The fourth-order valence-corrected chi connectivity index (χ4v) is 3.07. The van der Waals surface area contributed by atoms with Gasteiger partial charge in [0.2, 0.25) is 0 Å². The first-order valence-electron chi connectivity index (χ1n) is 10.1. The summed E-state index contributed by atoms with van der Waals surface area (Å²) in [5.74, 6) is 1.60. The Morgan fingerprint density at radius 1 is 0.938 bits per heavy atom. The minimum Gasteiger partial charge on any atom is -0.497 e. The maximum atomic E-state index is 11.5. The molecule has 0 saturated heterocycles. The molecule has 32 heavy (non-hydrogen) atoms. The van der Waals surface area contributed by atoms with E-state index in [1.54, 1.807) is 55.7 Å². The van der Waals surface area contributed by atoms with Crippen molar-refractivity contribution in [1.29, 1.82) is 0 Å². The third kappa shape index (κ3) is 6.12. The molecule has 0 bridgehead atoms. The minimum atomic E-state index is -0.959. The summed E-state index contributed by atoms with van der Waals surface area (Å²) in [6, 6.07) is 20.2. The van der Waals surface area contributed by atoms with Crippen molar-refractivity contribution in [3.63, 3.8) is 0 Å². The third-order valence-electron chi connectivity index (χ3n) is 4.71. The molecular formula is C26H26O6. The SMILES string of the molecule is COc1ccc(C=CC(O)c2ccc(OC)cc2OCc2ccccc2)c(OC(C)=O)c1. The van der Waals surface area contributed by atoms with Crippen LogP contribution in [-0.4, -0.2) is 25.3 Å². The summed E-state index contributed by atoms with van der Waals surface area (Å²) in [7, 11) is 3.11. The van der Waals surface area contributed by atoms with Gasteiger partial charge in [0.1, 0.15) is 35.7 Å². The van der Waals surface area contributed by atoms with Crippen LogP contribution in [0.4, 0.5) is 0 Å². The number of ether oxygens (including phenoxy) is 4. The molecule has 1 unspecified atom stereocenters. The lowest BCUT2D eigenvalue weighted by molar-refractivity contribution is -0.131. The van der Waals surface area contributed by atoms with Crippen molar-refractivity contribution >= 4 is 12.0 Å². The van der Waals surface area contributed by atoms with Crippen LogP contribution < -0.4 is 18.9 Å². The first kappa shape index (κ1) is 22.9. The predicted octanol–water partition coefficient (Wildman–Crippen LogP) is 4.95. The Balaban J connectivity index is 1.84. The van der Waals surface area contributed by atoms with Crippen molar-refractivity contribution < 1.29 is 28.8 Å². The van der Waals surface area contributed by atoms with E-state index in [-0.39, 0.29) is 0 Å². The lowest BCUT2D eigenvalue weighted by atomic mass is 10.1. The van der Waals surface area contributed by atoms with Gasteiger partial charge in [0.05, 0.1) is 14.2 Å². The molecule has 3 aromatic rings. The second-order valence-corrected chi connectivity index (χ2v) is 6.98. The summed E-state index contributed by atoms with van der Waals surface area (Å²) in [5, 5.41) is 10.9. The van der Waals surface area contributed by atoms with E-state index in [4.69, 9.17) is 18.9 Å². The first-order valence-corrected chi connectivity index (χ1v) is 10.1. The van der Waals surface area contributed by atoms with Crippen LogP contribution in [0.3, 0.4) is 0 Å². The standard InChI is InChI=1S/C26H26O6/c1-18(27)32-25-15-21(29-2)11-9-20(25)10-14-24(28)23-13-12-22(30-3)16-26(23)31-17-19-7-5-4-6-8-19/h4-16,24,28H,17H2,1-3H3. The number of methoxy groups -OCH3 is 2. The van der Waals surface area contributed by atoms with Crippen LogP contribution in [0.15, 0.2) is 72.8 Å². The van der Waals surface area contributed by atoms with E-state index >= 15 is 0 Å². The molecule has 166 valence electrons. The van der Waals surface area contributed by atoms with Crippen LogP contribution in [0.2, 0.25) is 0 Å². The molecule has 6 nitrogen and oxygen atoms in total. The van der Waals surface area contributed by atoms with Gasteiger partial charge in [-0.05, 0) is 29.8 Å². The predicted molar refractivity (Wildman–Crippen MR) is 122 cm³/mol. The van der Waals surface area contributed by atoms with Gasteiger partial charge in [0.25, 0.3) is 0 Å². The summed E-state index contributed by atoms with van der Waals surface area (Å²) in [6.45, 7) is 1.68. The molecule has 0 spiro atoms. The average Bonchev–Trinajstić information content (AvgIpc) is 2.81. The highest BCUT2D eigenvalue weighted by molar-refractivity contribution is 5.72. The van der Waals surface area contributed by atoms with Gasteiger partial charge in [-0.3, -0.25) is 4.79 Å². The molecule has 0 amide bonds. The normalized spacial score (nSPS) is 11.8. The fraction of sp³-hybridized carbons (Fsp3) is 0.192. The van der Waals surface area contributed by atoms with Crippen molar-refractivity contribution in [3.05, 3.63) is 89.5 Å². The number of carbonyl (C=O) groups excluding carboxylic acids is 1. The number of hydrogen-bond donors (Lipinski definition) is 1. The van der Waals surface area contributed by atoms with Gasteiger partial charge in [0, 0.05) is 30.2 Å². The van der Waals surface area contributed by atoms with E-state index in [1.165, 1.54) is 14.0 Å². The van der Waals surface area contributed by atoms with Crippen LogP contribution in [-0.2, 0) is 11.4 Å². The summed E-state index contributed by atoms with van der Waals surface area (Å²) in [6.07, 6.45) is 2.33. The smallest absolute Gasteiger partial charge is 0.308 e. The largest absolute Gasteiger partial charge is 0.497 e. The Bertz CT molecular complexity index is 1070. The van der Waals surface area contributed by atoms with E-state index < -0.39 is 12.1 Å². The molecular weight excluding hydrogens is 408 g/mol. The molecule has 0 aromatic heterocycles. The molecule has 0 aliphatic carbocycles. The summed E-state index contributed by atoms with van der Waals surface area (Å²) in [4.78, 5) is 11.5. The number of rotatable bonds is 9. The lowest BCUT2D eigenvalue weighted by Crippen LogP contribution is -2.04. The Labute approximate surface area is 187 Å². The zero-order valence-corrected chi connectivity index (χ0v) is 18.3. The maximum absolute atomic E-state index is 11.5. The number of aliphatic hydroxyl groups excluding tert-OH is 1. The molecule has 0 radical (unpaired) electrons. The number of carbonyl (C=O) groups is 1. The Hall–Kier alpha value is -3.77. The maximum Gasteiger partial charge on any atom is 0.308 e. The highest BCUT2D eigenvalue weighted by Gasteiger charge is 2.14. The summed E-state index contributed by atoms with van der Waals surface area (Å²) < 4.78 is 21.8. The van der Waals surface area contributed by atoms with Crippen LogP contribution in [0.5, 0.6) is 23.0 Å². The van der Waals surface area contributed by atoms with Gasteiger partial charge in [-0.1, -0.05) is 42.5 Å². The van der Waals surface area contributed by atoms with Gasteiger partial charge >= 0.3 is 5.97 Å². The van der Waals surface area contributed by atoms with E-state index in [9.17, 15) is 9.90 Å². The van der Waals surface area contributed by atoms with Gasteiger partial charge in [0.15, 0.2) is 0 Å². The van der Waals surface area contributed by atoms with E-state index in [0.717, 1.165) is 5.56 Å². The molecule has 1 atom stereocenters. The molecule has 0 aliphatic heterocycles. The van der Waals surface area contributed by atoms with Crippen molar-refractivity contribution in [3.8, 4) is 23.0 Å². The van der Waals surface area contributed by atoms with E-state index in [1.807, 2.05) is 30.3 Å². The molecule has 1 N–H and O–H groups in total. The second kappa shape index (κ2) is 11.0. The van der Waals surface area contributed by atoms with E-state index in [2.05, 4.69) is 0 Å². The molecule has 6 heteroatoms. The zero-order chi connectivity index (χ0) is 22.9. The zero-order valence-electron chi connectivity index (χ0n) is 18.3. The lowest BCUT2D eigenvalue weighted by Gasteiger charge is -2.16. The van der Waals surface area contributed by atoms with E-state index in [0.29, 0.717) is 40.7 Å². The molecule has 0 saturated carbocycles. The van der Waals surface area contributed by atoms with Gasteiger partial charge in [-0.25, -0.2) is 0 Å². The number of hydrogen-bond acceptors (Lipinski definition) is 6. The molecule has 0 aliphatic rings. The van der Waals surface area contributed by atoms with Gasteiger partial charge in [-0.15, -0.1) is 0 Å². The minimum absolute atomic E-state index is 0.343. The summed E-state index contributed by atoms with van der Waals surface area (Å²) >= 11 is 0. The Kier molecular flexibility index (Phi) is 7.89. The van der Waals surface area contributed by atoms with Crippen molar-refractivity contribution in [2.75, 3.05) is 14.2 Å². The highest BCUT2D eigenvalue weighted by Crippen LogP contribution is 2.32. The van der Waals surface area contributed by atoms with Gasteiger partial charge in [-0.2, -0.15) is 0 Å². The van der Waals surface area contributed by atoms with Crippen molar-refractivity contribution in [1.82, 2.24) is 0 Å². The van der Waals surface area contributed by atoms with Crippen molar-refractivity contribution in [2.24, 2.45) is 0 Å². The van der Waals surface area contributed by atoms with Gasteiger partial charge < -0.3 is 24.1 Å². The highest BCUT2D eigenvalue weighted by atomic mass is 16.5. The molecule has 3 aromatic carbocycles. The van der Waals surface area contributed by atoms with Crippen LogP contribution >= 0.6 is 0 Å². The van der Waals surface area contributed by atoms with Crippen LogP contribution in [0.1, 0.15) is 29.7 Å². The number of benzene rings is 3. The second-order valence-electron chi connectivity index (χ2n) is 6.98. The van der Waals surface area contributed by atoms with Crippen LogP contribution in [0, 0.1) is 0 Å². The van der Waals surface area contributed by atoms with Crippen LogP contribution in [0.25, 0.3) is 6.08 Å². The monoisotopic (exact) mass is 434 g/mol. The topological polar surface area (TPSA) is 74.2 Å². The molecule has 0 heterocycles. The molecule has 3 rings (SSSR count). The molecule has 0 fully saturated rings. The Morgan fingerprint density at radius 2 is 1.59 bits per heavy atom.